The molecular weight excluding hydrogens is 116 g/mol. The van der Waals surface area contributed by atoms with Crippen molar-refractivity contribution < 1.29 is 4.79 Å². The molecule has 1 N–H and O–H groups in total. The van der Waals surface area contributed by atoms with Gasteiger partial charge in [0.1, 0.15) is 0 Å². The van der Waals surface area contributed by atoms with Crippen LogP contribution in [-0.4, -0.2) is 25.0 Å². The molecule has 3 heteroatoms. The van der Waals surface area contributed by atoms with Crippen LogP contribution in [0.15, 0.2) is 0 Å². The first-order chi connectivity index (χ1) is 4.22. The number of hydrogen-bond donors (Lipinski definition) is 1. The van der Waals surface area contributed by atoms with Gasteiger partial charge in [0, 0.05) is 14.1 Å². The van der Waals surface area contributed by atoms with E-state index in [1.54, 1.807) is 21.0 Å². The predicted octanol–water partition coefficient (Wildman–Crippen LogP) is -0.398. The van der Waals surface area contributed by atoms with Gasteiger partial charge in [-0.2, -0.15) is 0 Å². The van der Waals surface area contributed by atoms with Crippen molar-refractivity contribution >= 4 is 5.91 Å². The van der Waals surface area contributed by atoms with Crippen molar-refractivity contribution in [3.8, 4) is 11.8 Å². The minimum Gasteiger partial charge on any atom is -0.270 e. The Kier molecular flexibility index (Phi) is 3.49. The van der Waals surface area contributed by atoms with E-state index in [4.69, 9.17) is 0 Å². The summed E-state index contributed by atoms with van der Waals surface area (Å²) in [5.41, 5.74) is 2.63. The SMILES string of the molecule is CC#CC(=O)N(C)NC. The van der Waals surface area contributed by atoms with Crippen molar-refractivity contribution in [2.75, 3.05) is 14.1 Å². The standard InChI is InChI=1S/C6H10N2O/c1-4-5-6(9)8(3)7-2/h7H,1-3H3. The Morgan fingerprint density at radius 3 is 2.56 bits per heavy atom. The minimum atomic E-state index is -0.222. The summed E-state index contributed by atoms with van der Waals surface area (Å²) in [7, 11) is 3.28. The Bertz CT molecular complexity index is 154. The van der Waals surface area contributed by atoms with Crippen LogP contribution >= 0.6 is 0 Å². The second-order valence-electron chi connectivity index (χ2n) is 1.46. The summed E-state index contributed by atoms with van der Waals surface area (Å²) >= 11 is 0. The molecule has 0 aliphatic heterocycles. The first-order valence-electron chi connectivity index (χ1n) is 2.60. The molecule has 0 fully saturated rings. The normalized spacial score (nSPS) is 7.44. The van der Waals surface area contributed by atoms with Gasteiger partial charge in [-0.15, -0.1) is 0 Å². The van der Waals surface area contributed by atoms with Gasteiger partial charge in [-0.25, -0.2) is 5.43 Å². The summed E-state index contributed by atoms with van der Waals surface area (Å²) in [6.45, 7) is 1.63. The van der Waals surface area contributed by atoms with Crippen molar-refractivity contribution in [1.29, 1.82) is 0 Å². The molecule has 0 spiro atoms. The van der Waals surface area contributed by atoms with Gasteiger partial charge >= 0.3 is 5.91 Å². The molecule has 50 valence electrons. The lowest BCUT2D eigenvalue weighted by molar-refractivity contribution is -0.126. The third-order valence-corrected chi connectivity index (χ3v) is 0.872. The Hall–Kier alpha value is -1.01. The van der Waals surface area contributed by atoms with Crippen molar-refractivity contribution in [2.24, 2.45) is 0 Å². The Morgan fingerprint density at radius 2 is 2.22 bits per heavy atom. The smallest absolute Gasteiger partial charge is 0.270 e. The van der Waals surface area contributed by atoms with E-state index in [1.807, 2.05) is 0 Å². The lowest BCUT2D eigenvalue weighted by Gasteiger charge is -2.09. The van der Waals surface area contributed by atoms with E-state index in [0.29, 0.717) is 0 Å². The summed E-state index contributed by atoms with van der Waals surface area (Å²) in [5, 5.41) is 1.32. The number of hydrogen-bond acceptors (Lipinski definition) is 2. The summed E-state index contributed by atoms with van der Waals surface area (Å²) < 4.78 is 0. The number of carbonyl (C=O) groups excluding carboxylic acids is 1. The predicted molar refractivity (Wildman–Crippen MR) is 35.3 cm³/mol. The highest BCUT2D eigenvalue weighted by molar-refractivity contribution is 5.92. The largest absolute Gasteiger partial charge is 0.312 e. The molecule has 0 rings (SSSR count). The molecule has 0 aliphatic rings. The van der Waals surface area contributed by atoms with Gasteiger partial charge in [-0.3, -0.25) is 9.80 Å². The first kappa shape index (κ1) is 7.99. The van der Waals surface area contributed by atoms with Crippen molar-refractivity contribution in [1.82, 2.24) is 10.4 Å². The zero-order valence-corrected chi connectivity index (χ0v) is 5.86. The zero-order chi connectivity index (χ0) is 7.28. The van der Waals surface area contributed by atoms with E-state index in [0.717, 1.165) is 0 Å². The molecule has 0 saturated carbocycles. The maximum Gasteiger partial charge on any atom is 0.312 e. The molecule has 0 radical (unpaired) electrons. The number of carbonyl (C=O) groups is 1. The van der Waals surface area contributed by atoms with E-state index in [2.05, 4.69) is 17.3 Å². The molecule has 0 heterocycles. The number of hydrazine groups is 1. The van der Waals surface area contributed by atoms with Crippen LogP contribution in [0.25, 0.3) is 0 Å². The molecule has 0 aliphatic carbocycles. The van der Waals surface area contributed by atoms with Crippen LogP contribution in [0.2, 0.25) is 0 Å². The summed E-state index contributed by atoms with van der Waals surface area (Å²) in [6.07, 6.45) is 0. The third kappa shape index (κ3) is 2.73. The molecule has 9 heavy (non-hydrogen) atoms. The van der Waals surface area contributed by atoms with Crippen LogP contribution in [-0.2, 0) is 4.79 Å². The lowest BCUT2D eigenvalue weighted by atomic mass is 10.5. The molecular formula is C6H10N2O. The fourth-order valence-corrected chi connectivity index (χ4v) is 0.292. The molecule has 0 aromatic carbocycles. The molecule has 0 aromatic heterocycles. The van der Waals surface area contributed by atoms with E-state index in [9.17, 15) is 4.79 Å². The molecule has 3 nitrogen and oxygen atoms in total. The van der Waals surface area contributed by atoms with Crippen LogP contribution in [0.4, 0.5) is 0 Å². The van der Waals surface area contributed by atoms with E-state index >= 15 is 0 Å². The lowest BCUT2D eigenvalue weighted by Crippen LogP contribution is -2.35. The molecule has 0 unspecified atom stereocenters. The van der Waals surface area contributed by atoms with Gasteiger partial charge in [0.05, 0.1) is 0 Å². The van der Waals surface area contributed by atoms with Gasteiger partial charge in [0.2, 0.25) is 0 Å². The van der Waals surface area contributed by atoms with E-state index < -0.39 is 0 Å². The second kappa shape index (κ2) is 3.93. The third-order valence-electron chi connectivity index (χ3n) is 0.872. The van der Waals surface area contributed by atoms with E-state index in [1.165, 1.54) is 5.01 Å². The number of rotatable bonds is 1. The molecule has 0 saturated heterocycles. The van der Waals surface area contributed by atoms with E-state index in [-0.39, 0.29) is 5.91 Å². The van der Waals surface area contributed by atoms with Gasteiger partial charge < -0.3 is 0 Å². The zero-order valence-electron chi connectivity index (χ0n) is 5.86. The molecule has 0 aromatic rings. The van der Waals surface area contributed by atoms with Crippen LogP contribution in [0.3, 0.4) is 0 Å². The summed E-state index contributed by atoms with van der Waals surface area (Å²) in [4.78, 5) is 10.7. The molecule has 0 bridgehead atoms. The first-order valence-corrected chi connectivity index (χ1v) is 2.60. The van der Waals surface area contributed by atoms with Crippen molar-refractivity contribution in [3.05, 3.63) is 0 Å². The Balaban J connectivity index is 3.83. The fraction of sp³-hybridized carbons (Fsp3) is 0.500. The van der Waals surface area contributed by atoms with Crippen LogP contribution in [0, 0.1) is 11.8 Å². The number of nitrogens with one attached hydrogen (secondary N) is 1. The maximum absolute atomic E-state index is 10.7. The average Bonchev–Trinajstić information content (AvgIpc) is 1.87. The van der Waals surface area contributed by atoms with Gasteiger partial charge in [-0.05, 0) is 12.8 Å². The van der Waals surface area contributed by atoms with Gasteiger partial charge in [0.15, 0.2) is 0 Å². The quantitative estimate of drug-likeness (QED) is 0.383. The van der Waals surface area contributed by atoms with Crippen molar-refractivity contribution in [2.45, 2.75) is 6.92 Å². The summed E-state index contributed by atoms with van der Waals surface area (Å²) in [6, 6.07) is 0. The van der Waals surface area contributed by atoms with Gasteiger partial charge in [-0.1, -0.05) is 5.92 Å². The monoisotopic (exact) mass is 126 g/mol. The highest BCUT2D eigenvalue weighted by Crippen LogP contribution is 1.72. The Labute approximate surface area is 55.0 Å². The minimum absolute atomic E-state index is 0.222. The Morgan fingerprint density at radius 1 is 1.67 bits per heavy atom. The molecule has 0 atom stereocenters. The number of nitrogens with zero attached hydrogens (tertiary/aromatic N) is 1. The number of amides is 1. The average molecular weight is 126 g/mol. The summed E-state index contributed by atoms with van der Waals surface area (Å²) in [5.74, 6) is 4.65. The fourth-order valence-electron chi connectivity index (χ4n) is 0.292. The van der Waals surface area contributed by atoms with Crippen LogP contribution in [0.5, 0.6) is 0 Å². The topological polar surface area (TPSA) is 32.3 Å². The second-order valence-corrected chi connectivity index (χ2v) is 1.46. The molecule has 1 amide bonds. The highest BCUT2D eigenvalue weighted by atomic mass is 16.2. The van der Waals surface area contributed by atoms with Crippen molar-refractivity contribution in [3.63, 3.8) is 0 Å². The van der Waals surface area contributed by atoms with Crippen LogP contribution in [0.1, 0.15) is 6.92 Å². The van der Waals surface area contributed by atoms with Gasteiger partial charge in [0.25, 0.3) is 0 Å². The van der Waals surface area contributed by atoms with Crippen LogP contribution < -0.4 is 5.43 Å². The highest BCUT2D eigenvalue weighted by Gasteiger charge is 1.98. The maximum atomic E-state index is 10.7.